The zero-order chi connectivity index (χ0) is 13.2. The van der Waals surface area contributed by atoms with Gasteiger partial charge in [0, 0.05) is 6.92 Å². The summed E-state index contributed by atoms with van der Waals surface area (Å²) in [5.41, 5.74) is 0. The zero-order valence-corrected chi connectivity index (χ0v) is 11.4. The van der Waals surface area contributed by atoms with Crippen LogP contribution in [-0.4, -0.2) is 30.0 Å². The van der Waals surface area contributed by atoms with E-state index in [2.05, 4.69) is 0 Å². The molecule has 1 rings (SSSR count). The lowest BCUT2D eigenvalue weighted by Gasteiger charge is -2.12. The number of alkyl halides is 1. The van der Waals surface area contributed by atoms with E-state index in [4.69, 9.17) is 14.6 Å². The van der Waals surface area contributed by atoms with Crippen LogP contribution in [0.15, 0.2) is 0 Å². The molecule has 0 saturated carbocycles. The largest absolute Gasteiger partial charge is 0.394 e. The molecule has 0 aromatic rings. The van der Waals surface area contributed by atoms with Gasteiger partial charge in [-0.2, -0.15) is 4.39 Å². The van der Waals surface area contributed by atoms with E-state index >= 15 is 0 Å². The van der Waals surface area contributed by atoms with Crippen LogP contribution in [0.5, 0.6) is 0 Å². The average molecular weight is 238 g/mol. The van der Waals surface area contributed by atoms with Crippen molar-refractivity contribution in [1.29, 1.82) is 0 Å². The number of ether oxygens (including phenoxy) is 2. The highest BCUT2D eigenvalue weighted by Gasteiger charge is 2.43. The summed E-state index contributed by atoms with van der Waals surface area (Å²) in [6.45, 7) is 11.0. The van der Waals surface area contributed by atoms with Crippen LogP contribution in [0, 0.1) is 0 Å². The smallest absolute Gasteiger partial charge is 0.318 e. The Morgan fingerprint density at radius 2 is 1.56 bits per heavy atom. The fourth-order valence-electron chi connectivity index (χ4n) is 1.40. The minimum absolute atomic E-state index is 0.190. The molecule has 0 aliphatic carbocycles. The van der Waals surface area contributed by atoms with E-state index in [1.165, 1.54) is 6.92 Å². The second-order valence-corrected chi connectivity index (χ2v) is 3.12. The molecule has 16 heavy (non-hydrogen) atoms. The number of hydrogen-bond acceptors (Lipinski definition) is 3. The van der Waals surface area contributed by atoms with Gasteiger partial charge in [-0.3, -0.25) is 0 Å². The van der Waals surface area contributed by atoms with Crippen molar-refractivity contribution >= 4 is 0 Å². The predicted molar refractivity (Wildman–Crippen MR) is 63.9 cm³/mol. The zero-order valence-electron chi connectivity index (χ0n) is 11.4. The van der Waals surface area contributed by atoms with Crippen molar-refractivity contribution in [2.45, 2.75) is 72.6 Å². The summed E-state index contributed by atoms with van der Waals surface area (Å²) in [6, 6.07) is -2.02. The number of hydrogen-bond donors (Lipinski definition) is 1. The Hall–Kier alpha value is -0.190. The summed E-state index contributed by atoms with van der Waals surface area (Å²) >= 11 is 0. The van der Waals surface area contributed by atoms with E-state index < -0.39 is 12.1 Å². The van der Waals surface area contributed by atoms with Crippen molar-refractivity contribution in [3.8, 4) is 0 Å². The number of aliphatic hydroxyl groups is 1. The first-order chi connectivity index (χ1) is 7.59. The molecule has 1 aliphatic rings. The monoisotopic (exact) mass is 238 g/mol. The topological polar surface area (TPSA) is 38.7 Å². The third-order valence-corrected chi connectivity index (χ3v) is 1.89. The lowest BCUT2D eigenvalue weighted by molar-refractivity contribution is -0.254. The standard InChI is InChI=1S/C8H15FO3.2C2H6/c1-3-4-6-7(5-10)12-8(2,9)11-6;2*1-2/h6-7,10H,3-5H2,1-2H3;2*1-2H3. The Kier molecular flexibility index (Phi) is 11.4. The van der Waals surface area contributed by atoms with Gasteiger partial charge in [0.25, 0.3) is 0 Å². The third-order valence-electron chi connectivity index (χ3n) is 1.89. The summed E-state index contributed by atoms with van der Waals surface area (Å²) in [5, 5.41) is 8.82. The first-order valence-electron chi connectivity index (χ1n) is 6.24. The van der Waals surface area contributed by atoms with Crippen LogP contribution in [-0.2, 0) is 9.47 Å². The average Bonchev–Trinajstić information content (AvgIpc) is 2.59. The molecule has 0 radical (unpaired) electrons. The van der Waals surface area contributed by atoms with E-state index in [0.717, 1.165) is 6.42 Å². The van der Waals surface area contributed by atoms with Gasteiger partial charge in [0.15, 0.2) is 0 Å². The maximum atomic E-state index is 13.1. The number of aliphatic hydroxyl groups excluding tert-OH is 1. The molecule has 100 valence electrons. The first-order valence-corrected chi connectivity index (χ1v) is 6.24. The maximum absolute atomic E-state index is 13.1. The highest BCUT2D eigenvalue weighted by Crippen LogP contribution is 2.31. The van der Waals surface area contributed by atoms with Crippen molar-refractivity contribution in [3.05, 3.63) is 0 Å². The summed E-state index contributed by atoms with van der Waals surface area (Å²) in [7, 11) is 0. The second kappa shape index (κ2) is 10.00. The quantitative estimate of drug-likeness (QED) is 0.820. The summed E-state index contributed by atoms with van der Waals surface area (Å²) in [5.74, 6) is 0. The van der Waals surface area contributed by atoms with Gasteiger partial charge in [0.2, 0.25) is 0 Å². The molecule has 1 fully saturated rings. The van der Waals surface area contributed by atoms with Crippen molar-refractivity contribution in [1.82, 2.24) is 0 Å². The number of halogens is 1. The SMILES string of the molecule is CC.CC.CCCC1OC(C)(F)OC1CO. The van der Waals surface area contributed by atoms with Crippen molar-refractivity contribution < 1.29 is 19.0 Å². The predicted octanol–water partition coefficient (Wildman–Crippen LogP) is 3.26. The molecule has 1 N–H and O–H groups in total. The van der Waals surface area contributed by atoms with Crippen LogP contribution < -0.4 is 0 Å². The molecule has 4 heteroatoms. The van der Waals surface area contributed by atoms with Gasteiger partial charge in [-0.25, -0.2) is 0 Å². The molecule has 0 aromatic carbocycles. The normalized spacial score (nSPS) is 32.2. The van der Waals surface area contributed by atoms with Gasteiger partial charge in [0.05, 0.1) is 12.7 Å². The summed E-state index contributed by atoms with van der Waals surface area (Å²) in [6.07, 6.45) is 0.778. The fraction of sp³-hybridized carbons (Fsp3) is 1.00. The fourth-order valence-corrected chi connectivity index (χ4v) is 1.40. The molecule has 1 saturated heterocycles. The van der Waals surface area contributed by atoms with E-state index in [9.17, 15) is 4.39 Å². The lowest BCUT2D eigenvalue weighted by atomic mass is 10.1. The molecule has 0 bridgehead atoms. The van der Waals surface area contributed by atoms with Gasteiger partial charge in [-0.05, 0) is 6.42 Å². The minimum Gasteiger partial charge on any atom is -0.394 e. The van der Waals surface area contributed by atoms with Gasteiger partial charge < -0.3 is 14.6 Å². The summed E-state index contributed by atoms with van der Waals surface area (Å²) < 4.78 is 22.8. The maximum Gasteiger partial charge on any atom is 0.318 e. The summed E-state index contributed by atoms with van der Waals surface area (Å²) in [4.78, 5) is 0. The molecule has 1 heterocycles. The Balaban J connectivity index is 0. The molecule has 1 aliphatic heterocycles. The van der Waals surface area contributed by atoms with Gasteiger partial charge in [-0.1, -0.05) is 41.0 Å². The van der Waals surface area contributed by atoms with Gasteiger partial charge in [0.1, 0.15) is 6.10 Å². The molecule has 3 unspecified atom stereocenters. The van der Waals surface area contributed by atoms with Crippen LogP contribution in [0.2, 0.25) is 0 Å². The van der Waals surface area contributed by atoms with E-state index in [1.54, 1.807) is 0 Å². The van der Waals surface area contributed by atoms with Crippen LogP contribution in [0.25, 0.3) is 0 Å². The molecule has 3 nitrogen and oxygen atoms in total. The Bertz CT molecular complexity index is 151. The molecule has 0 aromatic heterocycles. The van der Waals surface area contributed by atoms with Crippen molar-refractivity contribution in [2.75, 3.05) is 6.61 Å². The van der Waals surface area contributed by atoms with Gasteiger partial charge >= 0.3 is 6.04 Å². The second-order valence-electron chi connectivity index (χ2n) is 3.12. The minimum atomic E-state index is -2.02. The van der Waals surface area contributed by atoms with Crippen LogP contribution in [0.4, 0.5) is 4.39 Å². The molecule has 0 spiro atoms. The highest BCUT2D eigenvalue weighted by molar-refractivity contribution is 4.77. The van der Waals surface area contributed by atoms with E-state index in [-0.39, 0.29) is 12.7 Å². The molecule has 0 amide bonds. The highest BCUT2D eigenvalue weighted by atomic mass is 19.2. The van der Waals surface area contributed by atoms with Crippen LogP contribution in [0.3, 0.4) is 0 Å². The number of rotatable bonds is 3. The first kappa shape index (κ1) is 18.2. The van der Waals surface area contributed by atoms with Crippen molar-refractivity contribution in [2.24, 2.45) is 0 Å². The van der Waals surface area contributed by atoms with Gasteiger partial charge in [-0.15, -0.1) is 0 Å². The lowest BCUT2D eigenvalue weighted by Crippen LogP contribution is -2.25. The Morgan fingerprint density at radius 3 is 1.94 bits per heavy atom. The van der Waals surface area contributed by atoms with Crippen LogP contribution >= 0.6 is 0 Å². The van der Waals surface area contributed by atoms with Crippen LogP contribution in [0.1, 0.15) is 54.4 Å². The molecular formula is C12H27FO3. The molecule has 3 atom stereocenters. The van der Waals surface area contributed by atoms with Crippen molar-refractivity contribution in [3.63, 3.8) is 0 Å². The van der Waals surface area contributed by atoms with E-state index in [0.29, 0.717) is 6.42 Å². The van der Waals surface area contributed by atoms with E-state index in [1.807, 2.05) is 34.6 Å². The Labute approximate surface area is 98.9 Å². The Morgan fingerprint density at radius 1 is 1.12 bits per heavy atom. The third kappa shape index (κ3) is 6.40. The molecular weight excluding hydrogens is 211 g/mol.